The summed E-state index contributed by atoms with van der Waals surface area (Å²) in [5, 5.41) is 9.51. The number of pyridine rings is 1. The summed E-state index contributed by atoms with van der Waals surface area (Å²) >= 11 is 0. The summed E-state index contributed by atoms with van der Waals surface area (Å²) in [4.78, 5) is 17.4. The highest BCUT2D eigenvalue weighted by Gasteiger charge is 2.24. The van der Waals surface area contributed by atoms with Crippen molar-refractivity contribution in [2.75, 3.05) is 13.6 Å². The van der Waals surface area contributed by atoms with Gasteiger partial charge in [0.15, 0.2) is 0 Å². The van der Waals surface area contributed by atoms with E-state index in [1.54, 1.807) is 12.4 Å². The average molecular weight is 284 g/mol. The Bertz CT molecular complexity index is 581. The van der Waals surface area contributed by atoms with E-state index >= 15 is 0 Å². The summed E-state index contributed by atoms with van der Waals surface area (Å²) in [7, 11) is 1.85. The number of benzene rings is 1. The minimum Gasteiger partial charge on any atom is -0.480 e. The molecule has 1 N–H and O–H groups in total. The Hall–Kier alpha value is -2.20. The second-order valence-corrected chi connectivity index (χ2v) is 5.24. The number of aliphatic carboxylic acids is 1. The van der Waals surface area contributed by atoms with Crippen molar-refractivity contribution in [2.24, 2.45) is 0 Å². The first-order chi connectivity index (χ1) is 10.1. The Kier molecular flexibility index (Phi) is 5.06. The van der Waals surface area contributed by atoms with Crippen molar-refractivity contribution in [3.05, 3.63) is 65.5 Å². The molecule has 0 bridgehead atoms. The van der Waals surface area contributed by atoms with Crippen LogP contribution in [0.5, 0.6) is 0 Å². The molecule has 0 saturated heterocycles. The molecule has 0 aliphatic rings. The number of carbonyl (C=O) groups is 1. The van der Waals surface area contributed by atoms with Crippen LogP contribution in [-0.4, -0.2) is 34.6 Å². The molecule has 0 fully saturated rings. The summed E-state index contributed by atoms with van der Waals surface area (Å²) in [6, 6.07) is 11.0. The van der Waals surface area contributed by atoms with Gasteiger partial charge in [-0.3, -0.25) is 14.7 Å². The summed E-state index contributed by atoms with van der Waals surface area (Å²) in [5.74, 6) is -0.823. The molecule has 0 radical (unpaired) electrons. The van der Waals surface area contributed by atoms with Gasteiger partial charge < -0.3 is 5.11 Å². The fourth-order valence-corrected chi connectivity index (χ4v) is 2.32. The van der Waals surface area contributed by atoms with Crippen LogP contribution in [0.4, 0.5) is 0 Å². The normalized spacial score (nSPS) is 12.3. The molecule has 110 valence electrons. The summed E-state index contributed by atoms with van der Waals surface area (Å²) in [5.41, 5.74) is 3.09. The number of hydrogen-bond donors (Lipinski definition) is 1. The van der Waals surface area contributed by atoms with Crippen molar-refractivity contribution in [1.29, 1.82) is 0 Å². The number of carboxylic acid groups (broad SMARTS) is 1. The Labute approximate surface area is 125 Å². The topological polar surface area (TPSA) is 53.4 Å². The minimum absolute atomic E-state index is 0.618. The zero-order valence-electron chi connectivity index (χ0n) is 12.4. The van der Waals surface area contributed by atoms with Crippen LogP contribution in [0.3, 0.4) is 0 Å². The highest BCUT2D eigenvalue weighted by atomic mass is 16.4. The molecule has 1 unspecified atom stereocenters. The molecule has 1 heterocycles. The van der Waals surface area contributed by atoms with Crippen LogP contribution in [0.1, 0.15) is 22.7 Å². The van der Waals surface area contributed by atoms with Crippen LogP contribution >= 0.6 is 0 Å². The van der Waals surface area contributed by atoms with E-state index in [1.807, 2.05) is 55.3 Å². The van der Waals surface area contributed by atoms with Crippen molar-refractivity contribution in [3.63, 3.8) is 0 Å². The molecular weight excluding hydrogens is 264 g/mol. The van der Waals surface area contributed by atoms with Crippen molar-refractivity contribution in [2.45, 2.75) is 19.4 Å². The lowest BCUT2D eigenvalue weighted by Gasteiger charge is -2.25. The van der Waals surface area contributed by atoms with Crippen molar-refractivity contribution in [3.8, 4) is 0 Å². The standard InChI is InChI=1S/C17H20N2O2/c1-13-3-5-15(6-4-13)16(17(20)21)19(2)12-9-14-7-10-18-11-8-14/h3-8,10-11,16H,9,12H2,1-2H3,(H,20,21). The van der Waals surface area contributed by atoms with Crippen molar-refractivity contribution in [1.82, 2.24) is 9.88 Å². The zero-order valence-corrected chi connectivity index (χ0v) is 12.4. The Morgan fingerprint density at radius 3 is 2.38 bits per heavy atom. The van der Waals surface area contributed by atoms with E-state index in [2.05, 4.69) is 4.98 Å². The third-order valence-corrected chi connectivity index (χ3v) is 3.57. The maximum atomic E-state index is 11.6. The number of carboxylic acids is 1. The van der Waals surface area contributed by atoms with Gasteiger partial charge in [0.25, 0.3) is 0 Å². The van der Waals surface area contributed by atoms with Crippen molar-refractivity contribution >= 4 is 5.97 Å². The Morgan fingerprint density at radius 1 is 1.19 bits per heavy atom. The number of aromatic nitrogens is 1. The van der Waals surface area contributed by atoms with Crippen LogP contribution in [0.15, 0.2) is 48.8 Å². The second kappa shape index (κ2) is 6.99. The number of aryl methyl sites for hydroxylation is 1. The van der Waals surface area contributed by atoms with Gasteiger partial charge in [0.05, 0.1) is 0 Å². The van der Waals surface area contributed by atoms with E-state index in [9.17, 15) is 9.90 Å². The summed E-state index contributed by atoms with van der Waals surface area (Å²) in [6.07, 6.45) is 4.31. The molecule has 0 spiro atoms. The lowest BCUT2D eigenvalue weighted by Crippen LogP contribution is -2.32. The van der Waals surface area contributed by atoms with Gasteiger partial charge in [0.1, 0.15) is 6.04 Å². The molecule has 1 aromatic carbocycles. The lowest BCUT2D eigenvalue weighted by atomic mass is 10.0. The second-order valence-electron chi connectivity index (χ2n) is 5.24. The molecule has 4 nitrogen and oxygen atoms in total. The number of hydrogen-bond acceptors (Lipinski definition) is 3. The van der Waals surface area contributed by atoms with Crippen LogP contribution in [0.25, 0.3) is 0 Å². The van der Waals surface area contributed by atoms with Gasteiger partial charge in [0, 0.05) is 18.9 Å². The van der Waals surface area contributed by atoms with Crippen LogP contribution in [0.2, 0.25) is 0 Å². The van der Waals surface area contributed by atoms with Gasteiger partial charge in [-0.15, -0.1) is 0 Å². The number of rotatable bonds is 6. The molecule has 0 aliphatic heterocycles. The zero-order chi connectivity index (χ0) is 15.2. The van der Waals surface area contributed by atoms with Gasteiger partial charge in [-0.2, -0.15) is 0 Å². The summed E-state index contributed by atoms with van der Waals surface area (Å²) in [6.45, 7) is 2.67. The van der Waals surface area contributed by atoms with Crippen molar-refractivity contribution < 1.29 is 9.90 Å². The fraction of sp³-hybridized carbons (Fsp3) is 0.294. The SMILES string of the molecule is Cc1ccc(C(C(=O)O)N(C)CCc2ccncc2)cc1. The van der Waals surface area contributed by atoms with Crippen LogP contribution in [-0.2, 0) is 11.2 Å². The Balaban J connectivity index is 2.07. The first kappa shape index (κ1) is 15.2. The fourth-order valence-electron chi connectivity index (χ4n) is 2.32. The Morgan fingerprint density at radius 2 is 1.81 bits per heavy atom. The molecule has 0 aliphatic carbocycles. The van der Waals surface area contributed by atoms with Gasteiger partial charge in [-0.1, -0.05) is 29.8 Å². The van der Waals surface area contributed by atoms with Gasteiger partial charge in [-0.05, 0) is 43.7 Å². The molecule has 21 heavy (non-hydrogen) atoms. The van der Waals surface area contributed by atoms with E-state index in [4.69, 9.17) is 0 Å². The third kappa shape index (κ3) is 4.13. The quantitative estimate of drug-likeness (QED) is 0.886. The molecule has 1 aromatic heterocycles. The largest absolute Gasteiger partial charge is 0.480 e. The van der Waals surface area contributed by atoms with Crippen LogP contribution < -0.4 is 0 Å². The van der Waals surface area contributed by atoms with Gasteiger partial charge >= 0.3 is 5.97 Å². The molecule has 1 atom stereocenters. The van der Waals surface area contributed by atoms with E-state index in [-0.39, 0.29) is 0 Å². The smallest absolute Gasteiger partial charge is 0.325 e. The minimum atomic E-state index is -0.823. The van der Waals surface area contributed by atoms with Crippen LogP contribution in [0, 0.1) is 6.92 Å². The highest BCUT2D eigenvalue weighted by Crippen LogP contribution is 2.20. The average Bonchev–Trinajstić information content (AvgIpc) is 2.48. The van der Waals surface area contributed by atoms with E-state index in [1.165, 1.54) is 0 Å². The third-order valence-electron chi connectivity index (χ3n) is 3.57. The first-order valence-corrected chi connectivity index (χ1v) is 6.96. The predicted molar refractivity (Wildman–Crippen MR) is 82.1 cm³/mol. The van der Waals surface area contributed by atoms with Gasteiger partial charge in [-0.25, -0.2) is 0 Å². The molecule has 0 saturated carbocycles. The lowest BCUT2D eigenvalue weighted by molar-refractivity contribution is -0.143. The first-order valence-electron chi connectivity index (χ1n) is 6.96. The van der Waals surface area contributed by atoms with E-state index in [0.717, 1.165) is 23.1 Å². The maximum Gasteiger partial charge on any atom is 0.325 e. The molecule has 2 aromatic rings. The maximum absolute atomic E-state index is 11.6. The molecular formula is C17H20N2O2. The predicted octanol–water partition coefficient (Wildman–Crippen LogP) is 2.69. The number of likely N-dealkylation sites (N-methyl/N-ethyl adjacent to an activating group) is 1. The van der Waals surface area contributed by atoms with E-state index < -0.39 is 12.0 Å². The molecule has 2 rings (SSSR count). The summed E-state index contributed by atoms with van der Waals surface area (Å²) < 4.78 is 0. The highest BCUT2D eigenvalue weighted by molar-refractivity contribution is 5.75. The monoisotopic (exact) mass is 284 g/mol. The van der Waals surface area contributed by atoms with Gasteiger partial charge in [0.2, 0.25) is 0 Å². The van der Waals surface area contributed by atoms with E-state index in [0.29, 0.717) is 6.54 Å². The molecule has 4 heteroatoms. The number of nitrogens with zero attached hydrogens (tertiary/aromatic N) is 2. The molecule has 0 amide bonds.